The zero-order chi connectivity index (χ0) is 17.6. The number of allylic oxidation sites excluding steroid dienone is 4. The summed E-state index contributed by atoms with van der Waals surface area (Å²) in [5.41, 5.74) is 6.33. The number of hydrogen-bond acceptors (Lipinski definition) is 8. The molecular formula is C16H15N5O3S. The van der Waals surface area contributed by atoms with E-state index in [2.05, 4.69) is 15.0 Å². The monoisotopic (exact) mass is 357 g/mol. The number of rotatable bonds is 2. The van der Waals surface area contributed by atoms with Crippen molar-refractivity contribution in [2.75, 3.05) is 23.7 Å². The number of aromatic nitrogens is 3. The molecule has 0 radical (unpaired) electrons. The Morgan fingerprint density at radius 2 is 2.00 bits per heavy atom. The molecule has 0 aromatic carbocycles. The Labute approximate surface area is 146 Å². The molecule has 0 amide bonds. The highest BCUT2D eigenvalue weighted by atomic mass is 32.1. The first-order valence-electron chi connectivity index (χ1n) is 7.82. The normalized spacial score (nSPS) is 19.2. The molecule has 4 rings (SSSR count). The summed E-state index contributed by atoms with van der Waals surface area (Å²) < 4.78 is 1.47. The molecule has 2 aromatic rings. The summed E-state index contributed by atoms with van der Waals surface area (Å²) in [6, 6.07) is 0. The van der Waals surface area contributed by atoms with Crippen molar-refractivity contribution in [3.05, 3.63) is 45.5 Å². The maximum Gasteiger partial charge on any atom is 0.283 e. The Balaban J connectivity index is 1.81. The van der Waals surface area contributed by atoms with E-state index in [1.807, 2.05) is 0 Å². The Morgan fingerprint density at radius 3 is 2.72 bits per heavy atom. The van der Waals surface area contributed by atoms with Crippen molar-refractivity contribution < 1.29 is 9.90 Å². The van der Waals surface area contributed by atoms with Crippen LogP contribution in [0.15, 0.2) is 34.4 Å². The smallest absolute Gasteiger partial charge is 0.283 e. The van der Waals surface area contributed by atoms with E-state index >= 15 is 0 Å². The van der Waals surface area contributed by atoms with Gasteiger partial charge in [-0.3, -0.25) is 9.59 Å². The highest BCUT2D eigenvalue weighted by Crippen LogP contribution is 2.27. The topological polar surface area (TPSA) is 114 Å². The summed E-state index contributed by atoms with van der Waals surface area (Å²) in [5.74, 6) is -0.681. The molecule has 0 bridgehead atoms. The Morgan fingerprint density at radius 1 is 1.24 bits per heavy atom. The first kappa shape index (κ1) is 15.6. The minimum atomic E-state index is -0.481. The van der Waals surface area contributed by atoms with Gasteiger partial charge in [0.1, 0.15) is 5.82 Å². The third-order valence-corrected chi connectivity index (χ3v) is 5.12. The number of aliphatic hydroxyl groups is 1. The van der Waals surface area contributed by atoms with Crippen LogP contribution in [0.5, 0.6) is 0 Å². The predicted octanol–water partition coefficient (Wildman–Crippen LogP) is 1.30. The van der Waals surface area contributed by atoms with Crippen LogP contribution >= 0.6 is 11.3 Å². The average molecular weight is 357 g/mol. The summed E-state index contributed by atoms with van der Waals surface area (Å²) in [7, 11) is 0. The standard InChI is InChI=1S/C16H15N5O3S/c17-13-10(7-9-3-4-11(22)12(23)8-9)14(24)18-15-21(13)19-16(25-15)20-5-1-2-6-20/h3-4,7-8,23H,1-2,5-6,17H2. The fourth-order valence-electron chi connectivity index (χ4n) is 2.83. The van der Waals surface area contributed by atoms with Crippen molar-refractivity contribution in [3.8, 4) is 0 Å². The van der Waals surface area contributed by atoms with Crippen molar-refractivity contribution in [2.45, 2.75) is 12.8 Å². The average Bonchev–Trinajstić information content (AvgIpc) is 3.23. The molecule has 1 aliphatic heterocycles. The van der Waals surface area contributed by atoms with E-state index in [-0.39, 0.29) is 17.1 Å². The number of ketones is 1. The molecule has 8 nitrogen and oxygen atoms in total. The summed E-state index contributed by atoms with van der Waals surface area (Å²) in [4.78, 5) is 30.3. The van der Waals surface area contributed by atoms with Gasteiger partial charge in [0, 0.05) is 13.1 Å². The fraction of sp³-hybridized carbons (Fsp3) is 0.250. The summed E-state index contributed by atoms with van der Waals surface area (Å²) in [6.07, 6.45) is 7.75. The van der Waals surface area contributed by atoms with E-state index in [9.17, 15) is 14.7 Å². The number of aliphatic hydroxyl groups excluding tert-OH is 1. The van der Waals surface area contributed by atoms with Crippen LogP contribution in [0.2, 0.25) is 0 Å². The highest BCUT2D eigenvalue weighted by Gasteiger charge is 2.20. The second-order valence-corrected chi connectivity index (χ2v) is 6.79. The molecule has 0 atom stereocenters. The number of carbonyl (C=O) groups excluding carboxylic acids is 1. The van der Waals surface area contributed by atoms with E-state index in [1.165, 1.54) is 40.2 Å². The van der Waals surface area contributed by atoms with Gasteiger partial charge in [0.2, 0.25) is 15.9 Å². The Hall–Kier alpha value is -2.94. The Kier molecular flexibility index (Phi) is 3.65. The molecule has 9 heteroatoms. The molecule has 3 heterocycles. The van der Waals surface area contributed by atoms with Crippen molar-refractivity contribution in [1.29, 1.82) is 0 Å². The zero-order valence-electron chi connectivity index (χ0n) is 13.2. The molecule has 2 aromatic heterocycles. The van der Waals surface area contributed by atoms with Gasteiger partial charge >= 0.3 is 0 Å². The summed E-state index contributed by atoms with van der Waals surface area (Å²) >= 11 is 1.33. The number of nitrogens with zero attached hydrogens (tertiary/aromatic N) is 4. The van der Waals surface area contributed by atoms with Gasteiger partial charge in [0.25, 0.3) is 5.56 Å². The van der Waals surface area contributed by atoms with Gasteiger partial charge < -0.3 is 15.7 Å². The molecule has 25 heavy (non-hydrogen) atoms. The van der Waals surface area contributed by atoms with Crippen LogP contribution in [0.3, 0.4) is 0 Å². The minimum absolute atomic E-state index is 0.175. The van der Waals surface area contributed by atoms with Crippen LogP contribution in [-0.4, -0.2) is 38.6 Å². The largest absolute Gasteiger partial charge is 0.504 e. The quantitative estimate of drug-likeness (QED) is 0.832. The summed E-state index contributed by atoms with van der Waals surface area (Å²) in [6.45, 7) is 1.87. The molecular weight excluding hydrogens is 342 g/mol. The van der Waals surface area contributed by atoms with Gasteiger partial charge in [-0.2, -0.15) is 9.50 Å². The van der Waals surface area contributed by atoms with Gasteiger partial charge in [0.05, 0.1) is 5.56 Å². The molecule has 1 saturated heterocycles. The lowest BCUT2D eigenvalue weighted by Gasteiger charge is -2.11. The van der Waals surface area contributed by atoms with Crippen LogP contribution < -0.4 is 16.2 Å². The number of carbonyl (C=O) groups is 1. The fourth-order valence-corrected chi connectivity index (χ4v) is 3.79. The van der Waals surface area contributed by atoms with E-state index < -0.39 is 11.3 Å². The lowest BCUT2D eigenvalue weighted by molar-refractivity contribution is -0.113. The second-order valence-electron chi connectivity index (χ2n) is 5.86. The first-order valence-corrected chi connectivity index (χ1v) is 8.63. The molecule has 1 fully saturated rings. The van der Waals surface area contributed by atoms with Gasteiger partial charge in [-0.1, -0.05) is 17.4 Å². The number of hydrogen-bond donors (Lipinski definition) is 2. The molecule has 1 aliphatic carbocycles. The van der Waals surface area contributed by atoms with Crippen LogP contribution in [0.25, 0.3) is 11.0 Å². The van der Waals surface area contributed by atoms with Crippen molar-refractivity contribution in [1.82, 2.24) is 14.6 Å². The van der Waals surface area contributed by atoms with E-state index in [4.69, 9.17) is 5.73 Å². The molecule has 3 N–H and O–H groups in total. The van der Waals surface area contributed by atoms with Crippen molar-refractivity contribution >= 4 is 39.1 Å². The maximum atomic E-state index is 12.3. The van der Waals surface area contributed by atoms with E-state index in [0.29, 0.717) is 10.5 Å². The predicted molar refractivity (Wildman–Crippen MR) is 95.8 cm³/mol. The van der Waals surface area contributed by atoms with Gasteiger partial charge in [0.15, 0.2) is 5.76 Å². The van der Waals surface area contributed by atoms with Crippen LogP contribution in [-0.2, 0) is 4.79 Å². The van der Waals surface area contributed by atoms with Crippen LogP contribution in [0.4, 0.5) is 10.9 Å². The molecule has 0 unspecified atom stereocenters. The second kappa shape index (κ2) is 5.85. The van der Waals surface area contributed by atoms with Gasteiger partial charge in [-0.25, -0.2) is 0 Å². The van der Waals surface area contributed by atoms with Crippen LogP contribution in [0.1, 0.15) is 18.4 Å². The maximum absolute atomic E-state index is 12.3. The van der Waals surface area contributed by atoms with Crippen LogP contribution in [0, 0.1) is 0 Å². The number of fused-ring (bicyclic) bond motifs is 1. The molecule has 0 saturated carbocycles. The number of anilines is 2. The SMILES string of the molecule is Nc1c(C=C2C=CC(=O)C(O)=C2)c(=O)nc2sc(N3CCCC3)nn12. The molecule has 2 aliphatic rings. The van der Waals surface area contributed by atoms with E-state index in [1.54, 1.807) is 0 Å². The minimum Gasteiger partial charge on any atom is -0.504 e. The highest BCUT2D eigenvalue weighted by molar-refractivity contribution is 7.20. The molecule has 0 spiro atoms. The summed E-state index contributed by atoms with van der Waals surface area (Å²) in [5, 5.41) is 14.8. The van der Waals surface area contributed by atoms with E-state index in [0.717, 1.165) is 31.1 Å². The van der Waals surface area contributed by atoms with Crippen molar-refractivity contribution in [3.63, 3.8) is 0 Å². The van der Waals surface area contributed by atoms with Gasteiger partial charge in [-0.05, 0) is 36.6 Å². The molecule has 128 valence electrons. The zero-order valence-corrected chi connectivity index (χ0v) is 14.0. The van der Waals surface area contributed by atoms with Gasteiger partial charge in [-0.15, -0.1) is 5.10 Å². The third kappa shape index (κ3) is 2.72. The third-order valence-electron chi connectivity index (χ3n) is 4.15. The first-order chi connectivity index (χ1) is 12.0. The number of nitrogens with two attached hydrogens (primary N) is 1. The number of nitrogen functional groups attached to an aromatic ring is 1. The van der Waals surface area contributed by atoms with Crippen molar-refractivity contribution in [2.24, 2.45) is 0 Å². The lowest BCUT2D eigenvalue weighted by Crippen LogP contribution is -2.18. The lowest BCUT2D eigenvalue weighted by atomic mass is 10.1. The Bertz CT molecular complexity index is 1020.